The van der Waals surface area contributed by atoms with Crippen LogP contribution in [0.25, 0.3) is 27.3 Å². The summed E-state index contributed by atoms with van der Waals surface area (Å²) in [5.74, 6) is -0.0749. The van der Waals surface area contributed by atoms with Crippen LogP contribution in [0.2, 0.25) is 0 Å². The van der Waals surface area contributed by atoms with Gasteiger partial charge >= 0.3 is 0 Å². The van der Waals surface area contributed by atoms with Crippen LogP contribution in [0, 0.1) is 12.7 Å². The van der Waals surface area contributed by atoms with Crippen molar-refractivity contribution in [1.29, 1.82) is 0 Å². The zero-order valence-electron chi connectivity index (χ0n) is 17.1. The molecule has 0 saturated heterocycles. The third kappa shape index (κ3) is 3.27. The van der Waals surface area contributed by atoms with Crippen molar-refractivity contribution in [3.8, 4) is 11.3 Å². The lowest BCUT2D eigenvalue weighted by molar-refractivity contribution is 0.102. The van der Waals surface area contributed by atoms with Crippen molar-refractivity contribution in [2.45, 2.75) is 26.8 Å². The number of imidazole rings is 1. The molecule has 0 radical (unpaired) electrons. The summed E-state index contributed by atoms with van der Waals surface area (Å²) in [7, 11) is 0. The Morgan fingerprint density at radius 3 is 2.71 bits per heavy atom. The SMILES string of the molecule is Cc1cc(C(=O)Nc2c(-c3ccc(F)cc3)nc3sccn23)c2cnn(C(C)C)c2n1. The second kappa shape index (κ2) is 7.28. The summed E-state index contributed by atoms with van der Waals surface area (Å²) in [5, 5.41) is 10.0. The molecule has 0 aliphatic heterocycles. The van der Waals surface area contributed by atoms with Gasteiger partial charge in [0.1, 0.15) is 17.3 Å². The number of pyridine rings is 1. The van der Waals surface area contributed by atoms with E-state index in [9.17, 15) is 9.18 Å². The maximum Gasteiger partial charge on any atom is 0.257 e. The van der Waals surface area contributed by atoms with Crippen LogP contribution in [0.5, 0.6) is 0 Å². The molecule has 0 aliphatic rings. The molecule has 31 heavy (non-hydrogen) atoms. The van der Waals surface area contributed by atoms with E-state index < -0.39 is 0 Å². The molecule has 0 unspecified atom stereocenters. The molecule has 0 saturated carbocycles. The number of halogens is 1. The summed E-state index contributed by atoms with van der Waals surface area (Å²) in [6.07, 6.45) is 3.52. The van der Waals surface area contributed by atoms with Crippen molar-refractivity contribution >= 4 is 39.1 Å². The molecule has 7 nitrogen and oxygen atoms in total. The summed E-state index contributed by atoms with van der Waals surface area (Å²) >= 11 is 1.46. The Bertz CT molecular complexity index is 1430. The molecule has 0 spiro atoms. The van der Waals surface area contributed by atoms with Gasteiger partial charge in [-0.25, -0.2) is 19.0 Å². The van der Waals surface area contributed by atoms with Crippen LogP contribution in [-0.4, -0.2) is 30.1 Å². The molecular formula is C22H19FN6OS. The quantitative estimate of drug-likeness (QED) is 0.428. The number of carbonyl (C=O) groups is 1. The van der Waals surface area contributed by atoms with Crippen LogP contribution in [0.3, 0.4) is 0 Å². The smallest absolute Gasteiger partial charge is 0.257 e. The van der Waals surface area contributed by atoms with E-state index in [0.717, 1.165) is 16.2 Å². The molecule has 1 aromatic carbocycles. The number of hydrogen-bond acceptors (Lipinski definition) is 5. The number of benzene rings is 1. The Hall–Kier alpha value is -3.59. The van der Waals surface area contributed by atoms with E-state index in [1.54, 1.807) is 29.1 Å². The summed E-state index contributed by atoms with van der Waals surface area (Å²) in [6, 6.07) is 7.94. The molecule has 1 amide bonds. The predicted molar refractivity (Wildman–Crippen MR) is 119 cm³/mol. The normalized spacial score (nSPS) is 11.6. The first kappa shape index (κ1) is 19.4. The second-order valence-electron chi connectivity index (χ2n) is 7.56. The number of amides is 1. The first-order valence-electron chi connectivity index (χ1n) is 9.80. The van der Waals surface area contributed by atoms with E-state index in [1.165, 1.54) is 23.5 Å². The minimum atomic E-state index is -0.327. The highest BCUT2D eigenvalue weighted by Crippen LogP contribution is 2.32. The van der Waals surface area contributed by atoms with Gasteiger partial charge in [-0.2, -0.15) is 5.10 Å². The number of aromatic nitrogens is 5. The molecule has 4 heterocycles. The van der Waals surface area contributed by atoms with Gasteiger partial charge in [0.15, 0.2) is 10.6 Å². The number of thiazole rings is 1. The van der Waals surface area contributed by atoms with E-state index in [1.807, 2.05) is 36.7 Å². The van der Waals surface area contributed by atoms with Gasteiger partial charge in [0.2, 0.25) is 0 Å². The zero-order chi connectivity index (χ0) is 21.7. The number of hydrogen-bond donors (Lipinski definition) is 1. The van der Waals surface area contributed by atoms with Crippen molar-refractivity contribution in [3.05, 3.63) is 65.2 Å². The first-order valence-corrected chi connectivity index (χ1v) is 10.7. The number of nitrogens with one attached hydrogen (secondary N) is 1. The second-order valence-corrected chi connectivity index (χ2v) is 8.43. The topological polar surface area (TPSA) is 77.1 Å². The number of anilines is 1. The Balaban J connectivity index is 1.61. The first-order chi connectivity index (χ1) is 14.9. The summed E-state index contributed by atoms with van der Waals surface area (Å²) in [5.41, 5.74) is 3.20. The lowest BCUT2D eigenvalue weighted by Gasteiger charge is -2.10. The van der Waals surface area contributed by atoms with E-state index in [2.05, 4.69) is 20.4 Å². The minimum absolute atomic E-state index is 0.119. The van der Waals surface area contributed by atoms with E-state index >= 15 is 0 Å². The molecule has 0 fully saturated rings. The van der Waals surface area contributed by atoms with Crippen molar-refractivity contribution < 1.29 is 9.18 Å². The molecule has 9 heteroatoms. The molecule has 5 rings (SSSR count). The molecule has 0 bridgehead atoms. The van der Waals surface area contributed by atoms with E-state index in [-0.39, 0.29) is 17.8 Å². The third-order valence-corrected chi connectivity index (χ3v) is 5.80. The van der Waals surface area contributed by atoms with E-state index in [4.69, 9.17) is 0 Å². The minimum Gasteiger partial charge on any atom is -0.306 e. The van der Waals surface area contributed by atoms with Gasteiger partial charge in [0, 0.05) is 28.9 Å². The highest BCUT2D eigenvalue weighted by atomic mass is 32.1. The molecule has 4 aromatic heterocycles. The molecule has 1 N–H and O–H groups in total. The number of nitrogens with zero attached hydrogens (tertiary/aromatic N) is 5. The van der Waals surface area contributed by atoms with Crippen molar-refractivity contribution in [3.63, 3.8) is 0 Å². The maximum atomic E-state index is 13.4. The summed E-state index contributed by atoms with van der Waals surface area (Å²) in [4.78, 5) is 23.3. The lowest BCUT2D eigenvalue weighted by atomic mass is 10.1. The van der Waals surface area contributed by atoms with Gasteiger partial charge in [-0.1, -0.05) is 0 Å². The standard InChI is InChI=1S/C22H19FN6OS/c1-12(2)29-19-17(11-24-29)16(10-13(3)25-19)21(30)27-20-18(14-4-6-15(23)7-5-14)26-22-28(20)8-9-31-22/h4-12H,1-3H3,(H,27,30). The van der Waals surface area contributed by atoms with E-state index in [0.29, 0.717) is 28.1 Å². The van der Waals surface area contributed by atoms with Crippen LogP contribution in [0.1, 0.15) is 35.9 Å². The van der Waals surface area contributed by atoms with Crippen LogP contribution < -0.4 is 5.32 Å². The van der Waals surface area contributed by atoms with Crippen LogP contribution in [0.15, 0.2) is 48.1 Å². The molecule has 5 aromatic rings. The summed E-state index contributed by atoms with van der Waals surface area (Å²) in [6.45, 7) is 5.89. The van der Waals surface area contributed by atoms with Crippen LogP contribution in [0.4, 0.5) is 10.2 Å². The monoisotopic (exact) mass is 434 g/mol. The van der Waals surface area contributed by atoms with Gasteiger partial charge < -0.3 is 5.32 Å². The number of fused-ring (bicyclic) bond motifs is 2. The number of rotatable bonds is 4. The fourth-order valence-corrected chi connectivity index (χ4v) is 4.31. The average molecular weight is 435 g/mol. The molecule has 156 valence electrons. The summed E-state index contributed by atoms with van der Waals surface area (Å²) < 4.78 is 17.0. The van der Waals surface area contributed by atoms with Gasteiger partial charge in [-0.3, -0.25) is 9.20 Å². The Kier molecular flexibility index (Phi) is 4.55. The van der Waals surface area contributed by atoms with Gasteiger partial charge in [0.25, 0.3) is 5.91 Å². The molecule has 0 aliphatic carbocycles. The average Bonchev–Trinajstić information content (AvgIpc) is 3.43. The Morgan fingerprint density at radius 1 is 1.19 bits per heavy atom. The third-order valence-electron chi connectivity index (χ3n) is 5.04. The van der Waals surface area contributed by atoms with Crippen LogP contribution in [-0.2, 0) is 0 Å². The lowest BCUT2D eigenvalue weighted by Crippen LogP contribution is -2.15. The fraction of sp³-hybridized carbons (Fsp3) is 0.182. The molecular weight excluding hydrogens is 415 g/mol. The van der Waals surface area contributed by atoms with Gasteiger partial charge in [-0.05, 0) is 51.1 Å². The highest BCUT2D eigenvalue weighted by molar-refractivity contribution is 7.15. The van der Waals surface area contributed by atoms with Crippen LogP contribution >= 0.6 is 11.3 Å². The highest BCUT2D eigenvalue weighted by Gasteiger charge is 2.21. The number of carbonyl (C=O) groups excluding carboxylic acids is 1. The fourth-order valence-electron chi connectivity index (χ4n) is 3.60. The van der Waals surface area contributed by atoms with Crippen molar-refractivity contribution in [1.82, 2.24) is 24.1 Å². The Labute approximate surface area is 181 Å². The van der Waals surface area contributed by atoms with Crippen molar-refractivity contribution in [2.75, 3.05) is 5.32 Å². The molecule has 0 atom stereocenters. The van der Waals surface area contributed by atoms with Gasteiger partial charge in [0.05, 0.1) is 17.1 Å². The van der Waals surface area contributed by atoms with Crippen molar-refractivity contribution in [2.24, 2.45) is 0 Å². The predicted octanol–water partition coefficient (Wildman–Crippen LogP) is 5.09. The number of aryl methyl sites for hydroxylation is 1. The Morgan fingerprint density at radius 2 is 1.97 bits per heavy atom. The zero-order valence-corrected chi connectivity index (χ0v) is 17.9. The van der Waals surface area contributed by atoms with Gasteiger partial charge in [-0.15, -0.1) is 11.3 Å². The largest absolute Gasteiger partial charge is 0.306 e. The maximum absolute atomic E-state index is 13.4.